The number of nitrogens with zero attached hydrogens (tertiary/aromatic N) is 7. The van der Waals surface area contributed by atoms with Gasteiger partial charge in [0.2, 0.25) is 16.0 Å². The van der Waals surface area contributed by atoms with Gasteiger partial charge in [-0.15, -0.1) is 0 Å². The number of aromatic nitrogens is 5. The second kappa shape index (κ2) is 10.6. The summed E-state index contributed by atoms with van der Waals surface area (Å²) in [4.78, 5) is 11.0. The molecule has 1 aromatic carbocycles. The van der Waals surface area contributed by atoms with Gasteiger partial charge in [0, 0.05) is 44.4 Å². The summed E-state index contributed by atoms with van der Waals surface area (Å²) in [5.74, 6) is 2.17. The number of nitrogen functional groups attached to an aromatic ring is 1. The van der Waals surface area contributed by atoms with Crippen molar-refractivity contribution >= 4 is 32.8 Å². The SMILES string of the molecule is COc1cc(CN2CCN(S(C)(=O)=O)CC2)ccc1Cn1ncc2nc(N)nc(NCc3cc(C)on3)c21. The molecule has 4 aromatic rings. The van der Waals surface area contributed by atoms with Gasteiger partial charge in [0.1, 0.15) is 28.2 Å². The van der Waals surface area contributed by atoms with Gasteiger partial charge < -0.3 is 20.3 Å². The van der Waals surface area contributed by atoms with Crippen molar-refractivity contribution in [2.24, 2.45) is 0 Å². The van der Waals surface area contributed by atoms with E-state index in [9.17, 15) is 8.42 Å². The van der Waals surface area contributed by atoms with Crippen molar-refractivity contribution in [3.8, 4) is 5.75 Å². The van der Waals surface area contributed by atoms with Crippen LogP contribution in [0.2, 0.25) is 0 Å². The van der Waals surface area contributed by atoms with E-state index in [1.165, 1.54) is 10.6 Å². The van der Waals surface area contributed by atoms with E-state index in [0.717, 1.165) is 28.3 Å². The summed E-state index contributed by atoms with van der Waals surface area (Å²) in [5, 5.41) is 11.8. The molecule has 0 unspecified atom stereocenters. The van der Waals surface area contributed by atoms with Crippen LogP contribution >= 0.6 is 0 Å². The predicted octanol–water partition coefficient (Wildman–Crippen LogP) is 1.45. The van der Waals surface area contributed by atoms with Crippen molar-refractivity contribution in [3.63, 3.8) is 0 Å². The summed E-state index contributed by atoms with van der Waals surface area (Å²) < 4.78 is 37.8. The molecule has 0 radical (unpaired) electrons. The third kappa shape index (κ3) is 5.71. The smallest absolute Gasteiger partial charge is 0.222 e. The zero-order valence-electron chi connectivity index (χ0n) is 21.6. The van der Waals surface area contributed by atoms with Gasteiger partial charge in [-0.05, 0) is 18.6 Å². The summed E-state index contributed by atoms with van der Waals surface area (Å²) in [7, 11) is -1.51. The highest BCUT2D eigenvalue weighted by Gasteiger charge is 2.23. The lowest BCUT2D eigenvalue weighted by atomic mass is 10.1. The number of benzene rings is 1. The molecule has 4 heterocycles. The molecular weight excluding hydrogens is 510 g/mol. The Kier molecular flexibility index (Phi) is 7.19. The Labute approximate surface area is 220 Å². The zero-order valence-corrected chi connectivity index (χ0v) is 22.4. The van der Waals surface area contributed by atoms with Crippen molar-refractivity contribution in [1.29, 1.82) is 0 Å². The number of hydrogen-bond acceptors (Lipinski definition) is 11. The Hall–Kier alpha value is -3.75. The van der Waals surface area contributed by atoms with E-state index < -0.39 is 10.0 Å². The lowest BCUT2D eigenvalue weighted by Gasteiger charge is -2.33. The van der Waals surface area contributed by atoms with E-state index in [0.29, 0.717) is 62.7 Å². The van der Waals surface area contributed by atoms with Crippen LogP contribution in [0.5, 0.6) is 5.75 Å². The van der Waals surface area contributed by atoms with Crippen molar-refractivity contribution in [3.05, 3.63) is 53.0 Å². The molecule has 0 aliphatic carbocycles. The van der Waals surface area contributed by atoms with Crippen LogP contribution in [0.4, 0.5) is 11.8 Å². The summed E-state index contributed by atoms with van der Waals surface area (Å²) in [6, 6.07) is 7.96. The molecule has 1 fully saturated rings. The van der Waals surface area contributed by atoms with Crippen molar-refractivity contribution in [2.75, 3.05) is 50.6 Å². The standard InChI is InChI=1S/C24H31N9O4S/c1-16-10-19(30-37-16)12-26-23-22-20(28-24(25)29-23)13-27-33(22)15-18-5-4-17(11-21(18)36-2)14-31-6-8-32(9-7-31)38(3,34)35/h4-5,10-11,13H,6-9,12,14-15H2,1-3H3,(H3,25,26,28,29). The highest BCUT2D eigenvalue weighted by atomic mass is 32.2. The van der Waals surface area contributed by atoms with E-state index in [2.05, 4.69) is 36.5 Å². The van der Waals surface area contributed by atoms with Crippen LogP contribution in [0.15, 0.2) is 35.0 Å². The molecule has 5 rings (SSSR count). The van der Waals surface area contributed by atoms with E-state index in [4.69, 9.17) is 15.0 Å². The first-order chi connectivity index (χ1) is 18.2. The Morgan fingerprint density at radius 2 is 1.92 bits per heavy atom. The monoisotopic (exact) mass is 541 g/mol. The number of sulfonamides is 1. The molecule has 3 aromatic heterocycles. The number of anilines is 2. The molecule has 202 valence electrons. The first kappa shape index (κ1) is 25.9. The maximum Gasteiger partial charge on any atom is 0.222 e. The number of nitrogens with two attached hydrogens (primary N) is 1. The van der Waals surface area contributed by atoms with Gasteiger partial charge >= 0.3 is 0 Å². The minimum absolute atomic E-state index is 0.148. The molecule has 0 atom stereocenters. The molecule has 1 aliphatic heterocycles. The predicted molar refractivity (Wildman–Crippen MR) is 142 cm³/mol. The number of ether oxygens (including phenoxy) is 1. The van der Waals surface area contributed by atoms with Crippen molar-refractivity contribution in [2.45, 2.75) is 26.6 Å². The van der Waals surface area contributed by atoms with Gasteiger partial charge in [-0.3, -0.25) is 9.58 Å². The van der Waals surface area contributed by atoms with Crippen LogP contribution in [0.1, 0.15) is 22.6 Å². The average Bonchev–Trinajstić information content (AvgIpc) is 3.48. The molecule has 0 bridgehead atoms. The summed E-state index contributed by atoms with van der Waals surface area (Å²) in [6.07, 6.45) is 2.92. The molecule has 3 N–H and O–H groups in total. The van der Waals surface area contributed by atoms with E-state index in [1.54, 1.807) is 13.3 Å². The Bertz CT molecular complexity index is 1540. The molecule has 0 spiro atoms. The lowest BCUT2D eigenvalue weighted by molar-refractivity contribution is 0.182. The van der Waals surface area contributed by atoms with E-state index >= 15 is 0 Å². The maximum absolute atomic E-state index is 11.8. The Balaban J connectivity index is 1.33. The second-order valence-electron chi connectivity index (χ2n) is 9.33. The minimum Gasteiger partial charge on any atom is -0.496 e. The minimum atomic E-state index is -3.15. The van der Waals surface area contributed by atoms with Gasteiger partial charge in [-0.2, -0.15) is 14.4 Å². The van der Waals surface area contributed by atoms with Crippen LogP contribution in [0.3, 0.4) is 0 Å². The molecule has 1 saturated heterocycles. The quantitative estimate of drug-likeness (QED) is 0.316. The van der Waals surface area contributed by atoms with E-state index in [1.807, 2.05) is 29.8 Å². The Morgan fingerprint density at radius 1 is 1.13 bits per heavy atom. The number of hydrogen-bond donors (Lipinski definition) is 2. The normalized spacial score (nSPS) is 15.2. The highest BCUT2D eigenvalue weighted by molar-refractivity contribution is 7.88. The fraction of sp³-hybridized carbons (Fsp3) is 0.417. The molecule has 14 heteroatoms. The molecule has 13 nitrogen and oxygen atoms in total. The van der Waals surface area contributed by atoms with Crippen LogP contribution in [-0.2, 0) is 29.7 Å². The van der Waals surface area contributed by atoms with Crippen molar-refractivity contribution in [1.82, 2.24) is 34.1 Å². The molecule has 0 saturated carbocycles. The molecule has 1 aliphatic rings. The number of fused-ring (bicyclic) bond motifs is 1. The van der Waals surface area contributed by atoms with Gasteiger partial charge in [0.15, 0.2) is 5.82 Å². The van der Waals surface area contributed by atoms with Crippen molar-refractivity contribution < 1.29 is 17.7 Å². The zero-order chi connectivity index (χ0) is 26.9. The van der Waals surface area contributed by atoms with Crippen LogP contribution in [0, 0.1) is 6.92 Å². The van der Waals surface area contributed by atoms with Gasteiger partial charge in [0.25, 0.3) is 0 Å². The largest absolute Gasteiger partial charge is 0.496 e. The highest BCUT2D eigenvalue weighted by Crippen LogP contribution is 2.27. The first-order valence-electron chi connectivity index (χ1n) is 12.2. The lowest BCUT2D eigenvalue weighted by Crippen LogP contribution is -2.47. The van der Waals surface area contributed by atoms with Gasteiger partial charge in [-0.25, -0.2) is 13.4 Å². The van der Waals surface area contributed by atoms with Gasteiger partial charge in [0.05, 0.1) is 32.7 Å². The number of methoxy groups -OCH3 is 1. The summed E-state index contributed by atoms with van der Waals surface area (Å²) >= 11 is 0. The fourth-order valence-electron chi connectivity index (χ4n) is 4.59. The second-order valence-corrected chi connectivity index (χ2v) is 11.3. The number of rotatable bonds is 9. The maximum atomic E-state index is 11.8. The molecule has 0 amide bonds. The average molecular weight is 542 g/mol. The molecular formula is C24H31N9O4S. The number of aryl methyl sites for hydroxylation is 1. The number of nitrogens with one attached hydrogen (secondary N) is 1. The van der Waals surface area contributed by atoms with E-state index in [-0.39, 0.29) is 5.95 Å². The van der Waals surface area contributed by atoms with Gasteiger partial charge in [-0.1, -0.05) is 17.3 Å². The summed E-state index contributed by atoms with van der Waals surface area (Å²) in [5.41, 5.74) is 10.1. The third-order valence-corrected chi connectivity index (χ3v) is 7.80. The third-order valence-electron chi connectivity index (χ3n) is 6.50. The number of piperazine rings is 1. The fourth-order valence-corrected chi connectivity index (χ4v) is 5.42. The Morgan fingerprint density at radius 3 is 2.61 bits per heavy atom. The summed E-state index contributed by atoms with van der Waals surface area (Å²) in [6.45, 7) is 5.76. The first-order valence-corrected chi connectivity index (χ1v) is 14.0. The topological polar surface area (TPSA) is 158 Å². The molecule has 38 heavy (non-hydrogen) atoms. The van der Waals surface area contributed by atoms with Crippen LogP contribution in [-0.4, -0.2) is 82.1 Å². The van der Waals surface area contributed by atoms with Crippen LogP contribution in [0.25, 0.3) is 11.0 Å². The van der Waals surface area contributed by atoms with Crippen LogP contribution < -0.4 is 15.8 Å².